The van der Waals surface area contributed by atoms with Crippen LogP contribution in [0.15, 0.2) is 84.0 Å². The molecule has 1 amide bonds. The second-order valence-corrected chi connectivity index (χ2v) is 7.69. The molecule has 7 nitrogen and oxygen atoms in total. The third-order valence-electron chi connectivity index (χ3n) is 4.60. The van der Waals surface area contributed by atoms with E-state index in [-0.39, 0.29) is 11.7 Å². The lowest BCUT2D eigenvalue weighted by Gasteiger charge is -2.08. The molecule has 0 aliphatic rings. The van der Waals surface area contributed by atoms with Crippen molar-refractivity contribution in [1.82, 2.24) is 20.2 Å². The first-order chi connectivity index (χ1) is 15.2. The molecular weight excluding hydrogens is 410 g/mol. The summed E-state index contributed by atoms with van der Waals surface area (Å²) in [7, 11) is 1.63. The van der Waals surface area contributed by atoms with Crippen LogP contribution in [-0.4, -0.2) is 39.0 Å². The second-order valence-electron chi connectivity index (χ2n) is 6.75. The summed E-state index contributed by atoms with van der Waals surface area (Å²) in [6.45, 7) is 0.516. The minimum absolute atomic E-state index is 0.114. The standard InChI is InChI=1S/C23H21N5O2S/c1-30-21-13-7-17(8-14-21)15-28-23(25-26-27-28)31-16-22(29)24-20-11-9-19(10-12-20)18-5-3-2-4-6-18/h2-14H,15-16H2,1H3,(H,24,29). The molecule has 3 aromatic carbocycles. The van der Waals surface area contributed by atoms with Crippen LogP contribution in [-0.2, 0) is 11.3 Å². The van der Waals surface area contributed by atoms with Gasteiger partial charge in [0.05, 0.1) is 19.4 Å². The molecule has 31 heavy (non-hydrogen) atoms. The number of hydrogen-bond donors (Lipinski definition) is 1. The molecule has 4 aromatic rings. The van der Waals surface area contributed by atoms with Crippen molar-refractivity contribution < 1.29 is 9.53 Å². The van der Waals surface area contributed by atoms with E-state index in [0.717, 1.165) is 28.1 Å². The first-order valence-electron chi connectivity index (χ1n) is 9.68. The van der Waals surface area contributed by atoms with E-state index in [4.69, 9.17) is 4.74 Å². The molecule has 0 saturated heterocycles. The van der Waals surface area contributed by atoms with Crippen LogP contribution in [0.2, 0.25) is 0 Å². The second kappa shape index (κ2) is 9.90. The smallest absolute Gasteiger partial charge is 0.234 e. The largest absolute Gasteiger partial charge is 0.497 e. The topological polar surface area (TPSA) is 81.9 Å². The lowest BCUT2D eigenvalue weighted by atomic mass is 10.1. The molecule has 156 valence electrons. The van der Waals surface area contributed by atoms with Gasteiger partial charge in [0.2, 0.25) is 11.1 Å². The highest BCUT2D eigenvalue weighted by Crippen LogP contribution is 2.22. The minimum atomic E-state index is -0.114. The van der Waals surface area contributed by atoms with E-state index >= 15 is 0 Å². The van der Waals surface area contributed by atoms with Crippen LogP contribution in [0.25, 0.3) is 11.1 Å². The first kappa shape index (κ1) is 20.6. The summed E-state index contributed by atoms with van der Waals surface area (Å²) in [5, 5.41) is 15.3. The fraction of sp³-hybridized carbons (Fsp3) is 0.130. The lowest BCUT2D eigenvalue weighted by Crippen LogP contribution is -2.14. The van der Waals surface area contributed by atoms with Crippen LogP contribution in [0, 0.1) is 0 Å². The van der Waals surface area contributed by atoms with Gasteiger partial charge in [-0.25, -0.2) is 4.68 Å². The molecule has 0 aliphatic carbocycles. The number of amides is 1. The molecule has 0 spiro atoms. The SMILES string of the molecule is COc1ccc(Cn2nnnc2SCC(=O)Nc2ccc(-c3ccccc3)cc2)cc1. The summed E-state index contributed by atoms with van der Waals surface area (Å²) in [4.78, 5) is 12.4. The van der Waals surface area contributed by atoms with E-state index in [0.29, 0.717) is 11.7 Å². The highest BCUT2D eigenvalue weighted by atomic mass is 32.2. The monoisotopic (exact) mass is 431 g/mol. The summed E-state index contributed by atoms with van der Waals surface area (Å²) in [6, 6.07) is 25.6. The lowest BCUT2D eigenvalue weighted by molar-refractivity contribution is -0.113. The van der Waals surface area contributed by atoms with Gasteiger partial charge >= 0.3 is 0 Å². The normalized spacial score (nSPS) is 10.6. The van der Waals surface area contributed by atoms with Crippen molar-refractivity contribution in [1.29, 1.82) is 0 Å². The number of methoxy groups -OCH3 is 1. The van der Waals surface area contributed by atoms with Gasteiger partial charge in [0.15, 0.2) is 0 Å². The van der Waals surface area contributed by atoms with Crippen molar-refractivity contribution >= 4 is 23.4 Å². The zero-order valence-electron chi connectivity index (χ0n) is 16.9. The number of nitrogens with one attached hydrogen (secondary N) is 1. The van der Waals surface area contributed by atoms with E-state index in [1.54, 1.807) is 11.8 Å². The predicted molar refractivity (Wildman–Crippen MR) is 121 cm³/mol. The molecule has 1 N–H and O–H groups in total. The number of tetrazole rings is 1. The average molecular weight is 432 g/mol. The molecule has 0 fully saturated rings. The summed E-state index contributed by atoms with van der Waals surface area (Å²) < 4.78 is 6.85. The Morgan fingerprint density at radius 3 is 2.39 bits per heavy atom. The molecule has 0 aliphatic heterocycles. The number of hydrogen-bond acceptors (Lipinski definition) is 6. The van der Waals surface area contributed by atoms with Gasteiger partial charge in [0.25, 0.3) is 0 Å². The quantitative estimate of drug-likeness (QED) is 0.423. The van der Waals surface area contributed by atoms with Crippen LogP contribution in [0.1, 0.15) is 5.56 Å². The Labute approximate surface area is 184 Å². The molecule has 0 unspecified atom stereocenters. The van der Waals surface area contributed by atoms with Crippen molar-refractivity contribution in [2.24, 2.45) is 0 Å². The first-order valence-corrected chi connectivity index (χ1v) is 10.7. The third kappa shape index (κ3) is 5.49. The number of anilines is 1. The zero-order valence-corrected chi connectivity index (χ0v) is 17.7. The van der Waals surface area contributed by atoms with Gasteiger partial charge in [0, 0.05) is 5.69 Å². The number of thioether (sulfide) groups is 1. The summed E-state index contributed by atoms with van der Waals surface area (Å²) in [5.41, 5.74) is 4.03. The third-order valence-corrected chi connectivity index (χ3v) is 5.56. The van der Waals surface area contributed by atoms with Crippen LogP contribution >= 0.6 is 11.8 Å². The number of nitrogens with zero attached hydrogens (tertiary/aromatic N) is 4. The molecule has 1 heterocycles. The fourth-order valence-corrected chi connectivity index (χ4v) is 3.68. The number of benzene rings is 3. The van der Waals surface area contributed by atoms with E-state index in [1.807, 2.05) is 66.7 Å². The Hall–Kier alpha value is -3.65. The molecule has 0 saturated carbocycles. The molecule has 0 atom stereocenters. The molecule has 8 heteroatoms. The number of carbonyl (C=O) groups excluding carboxylic acids is 1. The van der Waals surface area contributed by atoms with Gasteiger partial charge in [-0.05, 0) is 51.4 Å². The molecular formula is C23H21N5O2S. The average Bonchev–Trinajstić information content (AvgIpc) is 3.26. The van der Waals surface area contributed by atoms with Crippen molar-refractivity contribution in [3.8, 4) is 16.9 Å². The van der Waals surface area contributed by atoms with Crippen molar-refractivity contribution in [3.63, 3.8) is 0 Å². The molecule has 1 aromatic heterocycles. The maximum Gasteiger partial charge on any atom is 0.234 e. The van der Waals surface area contributed by atoms with E-state index in [9.17, 15) is 4.79 Å². The predicted octanol–water partition coefficient (Wildman–Crippen LogP) is 4.13. The Kier molecular flexibility index (Phi) is 6.59. The Morgan fingerprint density at radius 2 is 1.68 bits per heavy atom. The summed E-state index contributed by atoms with van der Waals surface area (Å²) >= 11 is 1.30. The van der Waals surface area contributed by atoms with Gasteiger partial charge in [-0.2, -0.15) is 0 Å². The molecule has 0 radical (unpaired) electrons. The van der Waals surface area contributed by atoms with Crippen molar-refractivity contribution in [2.45, 2.75) is 11.7 Å². The Morgan fingerprint density at radius 1 is 0.968 bits per heavy atom. The van der Waals surface area contributed by atoms with Gasteiger partial charge in [-0.3, -0.25) is 4.79 Å². The molecule has 0 bridgehead atoms. The van der Waals surface area contributed by atoms with Gasteiger partial charge < -0.3 is 10.1 Å². The molecule has 4 rings (SSSR count). The number of aromatic nitrogens is 4. The van der Waals surface area contributed by atoms with E-state index < -0.39 is 0 Å². The maximum atomic E-state index is 12.4. The van der Waals surface area contributed by atoms with Gasteiger partial charge in [0.1, 0.15) is 5.75 Å². The van der Waals surface area contributed by atoms with Gasteiger partial charge in [-0.15, -0.1) is 5.10 Å². The van der Waals surface area contributed by atoms with Crippen molar-refractivity contribution in [2.75, 3.05) is 18.2 Å². The Balaban J connectivity index is 1.31. The van der Waals surface area contributed by atoms with E-state index in [2.05, 4.69) is 33.0 Å². The highest BCUT2D eigenvalue weighted by Gasteiger charge is 2.11. The van der Waals surface area contributed by atoms with Crippen LogP contribution < -0.4 is 10.1 Å². The highest BCUT2D eigenvalue weighted by molar-refractivity contribution is 7.99. The van der Waals surface area contributed by atoms with Crippen molar-refractivity contribution in [3.05, 3.63) is 84.4 Å². The van der Waals surface area contributed by atoms with Gasteiger partial charge in [-0.1, -0.05) is 66.4 Å². The Bertz CT molecular complexity index is 1130. The number of carbonyl (C=O) groups is 1. The fourth-order valence-electron chi connectivity index (χ4n) is 3.01. The zero-order chi connectivity index (χ0) is 21.5. The number of ether oxygens (including phenoxy) is 1. The summed E-state index contributed by atoms with van der Waals surface area (Å²) in [6.07, 6.45) is 0. The van der Waals surface area contributed by atoms with Crippen LogP contribution in [0.4, 0.5) is 5.69 Å². The van der Waals surface area contributed by atoms with Crippen LogP contribution in [0.3, 0.4) is 0 Å². The van der Waals surface area contributed by atoms with E-state index in [1.165, 1.54) is 11.8 Å². The summed E-state index contributed by atoms with van der Waals surface area (Å²) in [5.74, 6) is 0.892. The number of rotatable bonds is 8. The minimum Gasteiger partial charge on any atom is -0.497 e. The van der Waals surface area contributed by atoms with Crippen LogP contribution in [0.5, 0.6) is 5.75 Å². The maximum absolute atomic E-state index is 12.4.